The Bertz CT molecular complexity index is 911. The van der Waals surface area contributed by atoms with Gasteiger partial charge in [-0.25, -0.2) is 12.8 Å². The van der Waals surface area contributed by atoms with Gasteiger partial charge in [-0.3, -0.25) is 9.10 Å². The Balaban J connectivity index is 2.23. The maximum Gasteiger partial charge on any atom is 0.416 e. The Morgan fingerprint density at radius 1 is 1.04 bits per heavy atom. The van der Waals surface area contributed by atoms with E-state index in [9.17, 15) is 30.8 Å². The molecular formula is C17H16F4N2O3S. The van der Waals surface area contributed by atoms with Crippen LogP contribution in [0, 0.1) is 5.82 Å². The maximum atomic E-state index is 13.1. The number of amides is 1. The van der Waals surface area contributed by atoms with Gasteiger partial charge in [0, 0.05) is 5.69 Å². The lowest BCUT2D eigenvalue weighted by Crippen LogP contribution is -2.45. The minimum Gasteiger partial charge on any atom is -0.324 e. The Morgan fingerprint density at radius 3 is 2.00 bits per heavy atom. The molecule has 1 N–H and O–H groups in total. The molecule has 0 radical (unpaired) electrons. The second kappa shape index (κ2) is 7.55. The lowest BCUT2D eigenvalue weighted by atomic mass is 10.2. The van der Waals surface area contributed by atoms with Crippen molar-refractivity contribution < 1.29 is 30.8 Å². The van der Waals surface area contributed by atoms with Gasteiger partial charge in [-0.2, -0.15) is 13.2 Å². The molecule has 0 aliphatic carbocycles. The van der Waals surface area contributed by atoms with Crippen LogP contribution in [-0.4, -0.2) is 26.6 Å². The monoisotopic (exact) mass is 404 g/mol. The van der Waals surface area contributed by atoms with Crippen LogP contribution in [0.15, 0.2) is 48.5 Å². The number of benzene rings is 2. The Kier molecular flexibility index (Phi) is 5.79. The normalized spacial score (nSPS) is 13.1. The van der Waals surface area contributed by atoms with Crippen LogP contribution in [0.1, 0.15) is 12.5 Å². The zero-order valence-electron chi connectivity index (χ0n) is 14.3. The Morgan fingerprint density at radius 2 is 1.56 bits per heavy atom. The Hall–Kier alpha value is -2.62. The summed E-state index contributed by atoms with van der Waals surface area (Å²) in [6.45, 7) is 1.31. The van der Waals surface area contributed by atoms with E-state index in [1.165, 1.54) is 19.1 Å². The smallest absolute Gasteiger partial charge is 0.324 e. The van der Waals surface area contributed by atoms with Crippen LogP contribution >= 0.6 is 0 Å². The Labute approximate surface area is 153 Å². The number of sulfonamides is 1. The van der Waals surface area contributed by atoms with Gasteiger partial charge in [-0.05, 0) is 55.5 Å². The summed E-state index contributed by atoms with van der Waals surface area (Å²) in [5.41, 5.74) is -0.723. The van der Waals surface area contributed by atoms with Gasteiger partial charge in [-0.15, -0.1) is 0 Å². The van der Waals surface area contributed by atoms with Crippen LogP contribution in [0.4, 0.5) is 28.9 Å². The summed E-state index contributed by atoms with van der Waals surface area (Å²) in [5, 5.41) is 2.37. The molecule has 0 spiro atoms. The second-order valence-corrected chi connectivity index (χ2v) is 7.63. The van der Waals surface area contributed by atoms with Crippen molar-refractivity contribution >= 4 is 27.3 Å². The van der Waals surface area contributed by atoms with Crippen LogP contribution in [0.2, 0.25) is 0 Å². The molecule has 0 fully saturated rings. The molecule has 27 heavy (non-hydrogen) atoms. The number of carbonyl (C=O) groups excluding carboxylic acids is 1. The molecule has 0 heterocycles. The molecule has 2 aromatic rings. The molecule has 0 aromatic heterocycles. The fourth-order valence-corrected chi connectivity index (χ4v) is 3.56. The van der Waals surface area contributed by atoms with Gasteiger partial charge in [0.2, 0.25) is 15.9 Å². The number of anilines is 2. The minimum absolute atomic E-state index is 0.0763. The molecular weight excluding hydrogens is 388 g/mol. The summed E-state index contributed by atoms with van der Waals surface area (Å²) in [6.07, 6.45) is -3.62. The largest absolute Gasteiger partial charge is 0.416 e. The third kappa shape index (κ3) is 5.19. The SMILES string of the molecule is C[C@H](C(=O)Nc1ccc(C(F)(F)F)cc1)N(c1ccc(F)cc1)S(C)(=O)=O. The van der Waals surface area contributed by atoms with Crippen LogP contribution in [-0.2, 0) is 21.0 Å². The number of hydrogen-bond donors (Lipinski definition) is 1. The number of alkyl halides is 3. The summed E-state index contributed by atoms with van der Waals surface area (Å²) in [6, 6.07) is 7.02. The topological polar surface area (TPSA) is 66.5 Å². The van der Waals surface area contributed by atoms with Crippen molar-refractivity contribution in [3.63, 3.8) is 0 Å². The van der Waals surface area contributed by atoms with E-state index in [-0.39, 0.29) is 11.4 Å². The first-order valence-electron chi connectivity index (χ1n) is 7.62. The highest BCUT2D eigenvalue weighted by molar-refractivity contribution is 7.92. The minimum atomic E-state index is -4.51. The lowest BCUT2D eigenvalue weighted by molar-refractivity contribution is -0.137. The van der Waals surface area contributed by atoms with Crippen molar-refractivity contribution in [3.05, 3.63) is 59.9 Å². The van der Waals surface area contributed by atoms with E-state index in [0.717, 1.165) is 47.0 Å². The van der Waals surface area contributed by atoms with E-state index in [0.29, 0.717) is 0 Å². The summed E-state index contributed by atoms with van der Waals surface area (Å²) in [4.78, 5) is 12.4. The number of rotatable bonds is 5. The zero-order valence-corrected chi connectivity index (χ0v) is 15.1. The molecule has 146 valence electrons. The van der Waals surface area contributed by atoms with Crippen molar-refractivity contribution in [1.29, 1.82) is 0 Å². The van der Waals surface area contributed by atoms with Gasteiger partial charge in [0.25, 0.3) is 0 Å². The van der Waals surface area contributed by atoms with Crippen molar-refractivity contribution in [2.45, 2.75) is 19.1 Å². The molecule has 0 bridgehead atoms. The van der Waals surface area contributed by atoms with E-state index in [4.69, 9.17) is 0 Å². The fraction of sp³-hybridized carbons (Fsp3) is 0.235. The van der Waals surface area contributed by atoms with E-state index >= 15 is 0 Å². The highest BCUT2D eigenvalue weighted by Gasteiger charge is 2.31. The quantitative estimate of drug-likeness (QED) is 0.774. The fourth-order valence-electron chi connectivity index (χ4n) is 2.39. The molecule has 0 unspecified atom stereocenters. The average molecular weight is 404 g/mol. The van der Waals surface area contributed by atoms with Gasteiger partial charge >= 0.3 is 6.18 Å². The van der Waals surface area contributed by atoms with Crippen LogP contribution in [0.3, 0.4) is 0 Å². The maximum absolute atomic E-state index is 13.1. The van der Waals surface area contributed by atoms with Gasteiger partial charge in [0.05, 0.1) is 17.5 Å². The molecule has 0 saturated carbocycles. The van der Waals surface area contributed by atoms with Crippen molar-refractivity contribution in [2.24, 2.45) is 0 Å². The first-order chi connectivity index (χ1) is 12.4. The van der Waals surface area contributed by atoms with E-state index in [2.05, 4.69) is 5.32 Å². The summed E-state index contributed by atoms with van der Waals surface area (Å²) in [7, 11) is -3.89. The first-order valence-corrected chi connectivity index (χ1v) is 9.47. The molecule has 0 aliphatic rings. The molecule has 10 heteroatoms. The molecule has 1 atom stereocenters. The molecule has 1 amide bonds. The van der Waals surface area contributed by atoms with Gasteiger partial charge in [0.15, 0.2) is 0 Å². The third-order valence-corrected chi connectivity index (χ3v) is 4.89. The van der Waals surface area contributed by atoms with Crippen LogP contribution < -0.4 is 9.62 Å². The highest BCUT2D eigenvalue weighted by atomic mass is 32.2. The van der Waals surface area contributed by atoms with Gasteiger partial charge < -0.3 is 5.32 Å². The van der Waals surface area contributed by atoms with E-state index < -0.39 is 39.5 Å². The van der Waals surface area contributed by atoms with Crippen molar-refractivity contribution in [1.82, 2.24) is 0 Å². The third-order valence-electron chi connectivity index (χ3n) is 3.65. The standard InChI is InChI=1S/C17H16F4N2O3S/c1-11(23(27(2,25)26)15-9-5-13(18)6-10-15)16(24)22-14-7-3-12(4-8-14)17(19,20)21/h3-11H,1-2H3,(H,22,24)/t11-/m1/s1. The van der Waals surface area contributed by atoms with Gasteiger partial charge in [0.1, 0.15) is 11.9 Å². The number of hydrogen-bond acceptors (Lipinski definition) is 3. The summed E-state index contributed by atoms with van der Waals surface area (Å²) >= 11 is 0. The number of carbonyl (C=O) groups is 1. The van der Waals surface area contributed by atoms with E-state index in [1.807, 2.05) is 0 Å². The molecule has 0 saturated heterocycles. The lowest BCUT2D eigenvalue weighted by Gasteiger charge is -2.28. The predicted octanol–water partition coefficient (Wildman–Crippen LogP) is 3.64. The summed E-state index contributed by atoms with van der Waals surface area (Å²) in [5.74, 6) is -1.33. The predicted molar refractivity (Wildman–Crippen MR) is 93.3 cm³/mol. The first kappa shape index (κ1) is 20.7. The van der Waals surface area contributed by atoms with Crippen molar-refractivity contribution in [3.8, 4) is 0 Å². The highest BCUT2D eigenvalue weighted by Crippen LogP contribution is 2.30. The van der Waals surface area contributed by atoms with Crippen LogP contribution in [0.5, 0.6) is 0 Å². The number of nitrogens with one attached hydrogen (secondary N) is 1. The molecule has 0 aliphatic heterocycles. The zero-order chi connectivity index (χ0) is 20.4. The van der Waals surface area contributed by atoms with E-state index in [1.54, 1.807) is 0 Å². The molecule has 2 rings (SSSR count). The average Bonchev–Trinajstić information content (AvgIpc) is 2.55. The molecule has 2 aromatic carbocycles. The summed E-state index contributed by atoms with van der Waals surface area (Å²) < 4.78 is 75.8. The number of halogens is 4. The van der Waals surface area contributed by atoms with Crippen LogP contribution in [0.25, 0.3) is 0 Å². The van der Waals surface area contributed by atoms with Gasteiger partial charge in [-0.1, -0.05) is 0 Å². The molecule has 5 nitrogen and oxygen atoms in total. The second-order valence-electron chi connectivity index (χ2n) is 5.78. The number of nitrogens with zero attached hydrogens (tertiary/aromatic N) is 1. The van der Waals surface area contributed by atoms with Crippen molar-refractivity contribution in [2.75, 3.05) is 15.9 Å².